The summed E-state index contributed by atoms with van der Waals surface area (Å²) in [6.07, 6.45) is 2.49. The van der Waals surface area contributed by atoms with Gasteiger partial charge in [0.15, 0.2) is 0 Å². The summed E-state index contributed by atoms with van der Waals surface area (Å²) in [5, 5.41) is 9.12. The number of nitrogens with zero attached hydrogens (tertiary/aromatic N) is 4. The number of carbonyl (C=O) groups excluding carboxylic acids is 1. The molecule has 3 rings (SSSR count). The maximum absolute atomic E-state index is 12.8. The summed E-state index contributed by atoms with van der Waals surface area (Å²) in [4.78, 5) is 21.0. The normalized spacial score (nSPS) is 15.3. The zero-order valence-corrected chi connectivity index (χ0v) is 16.5. The Balaban J connectivity index is 1.63. The SMILES string of the molecule is N#Cc1ccc(CN2CCCN(C(=O)c3cc(Br)cnc3Cl)CC2)cc1. The van der Waals surface area contributed by atoms with Crippen molar-refractivity contribution in [3.8, 4) is 6.07 Å². The van der Waals surface area contributed by atoms with Crippen molar-refractivity contribution in [1.29, 1.82) is 5.26 Å². The van der Waals surface area contributed by atoms with Gasteiger partial charge in [-0.05, 0) is 46.1 Å². The van der Waals surface area contributed by atoms with Gasteiger partial charge in [0.2, 0.25) is 0 Å². The molecule has 0 spiro atoms. The van der Waals surface area contributed by atoms with Crippen molar-refractivity contribution in [2.75, 3.05) is 26.2 Å². The molecule has 26 heavy (non-hydrogen) atoms. The van der Waals surface area contributed by atoms with Gasteiger partial charge in [-0.3, -0.25) is 9.69 Å². The fraction of sp³-hybridized carbons (Fsp3) is 0.316. The predicted molar refractivity (Wildman–Crippen MR) is 104 cm³/mol. The molecule has 1 aromatic carbocycles. The van der Waals surface area contributed by atoms with E-state index in [1.807, 2.05) is 29.2 Å². The predicted octanol–water partition coefficient (Wildman–Crippen LogP) is 3.72. The summed E-state index contributed by atoms with van der Waals surface area (Å²) in [6, 6.07) is 11.5. The van der Waals surface area contributed by atoms with Gasteiger partial charge < -0.3 is 4.90 Å². The van der Waals surface area contributed by atoms with E-state index < -0.39 is 0 Å². The number of hydrogen-bond acceptors (Lipinski definition) is 4. The molecule has 0 bridgehead atoms. The molecule has 0 aliphatic carbocycles. The number of aromatic nitrogens is 1. The molecule has 2 heterocycles. The van der Waals surface area contributed by atoms with Gasteiger partial charge in [-0.15, -0.1) is 0 Å². The first-order valence-electron chi connectivity index (χ1n) is 8.38. The number of amides is 1. The Morgan fingerprint density at radius 3 is 2.73 bits per heavy atom. The van der Waals surface area contributed by atoms with Crippen molar-refractivity contribution in [3.63, 3.8) is 0 Å². The van der Waals surface area contributed by atoms with Gasteiger partial charge in [-0.1, -0.05) is 23.7 Å². The van der Waals surface area contributed by atoms with Crippen molar-refractivity contribution in [3.05, 3.63) is 62.8 Å². The molecule has 1 saturated heterocycles. The van der Waals surface area contributed by atoms with Crippen LogP contribution in [0.2, 0.25) is 5.15 Å². The van der Waals surface area contributed by atoms with Crippen LogP contribution >= 0.6 is 27.5 Å². The van der Waals surface area contributed by atoms with Crippen molar-refractivity contribution in [1.82, 2.24) is 14.8 Å². The number of benzene rings is 1. The molecule has 0 radical (unpaired) electrons. The van der Waals surface area contributed by atoms with E-state index in [2.05, 4.69) is 31.9 Å². The smallest absolute Gasteiger partial charge is 0.257 e. The Morgan fingerprint density at radius 1 is 1.23 bits per heavy atom. The van der Waals surface area contributed by atoms with Crippen LogP contribution in [0, 0.1) is 11.3 Å². The summed E-state index contributed by atoms with van der Waals surface area (Å²) in [7, 11) is 0. The molecular weight excluding hydrogens is 416 g/mol. The van der Waals surface area contributed by atoms with Gasteiger partial charge in [0.25, 0.3) is 5.91 Å². The summed E-state index contributed by atoms with van der Waals surface area (Å²) in [5.41, 5.74) is 2.27. The topological polar surface area (TPSA) is 60.2 Å². The molecule has 0 atom stereocenters. The van der Waals surface area contributed by atoms with E-state index in [4.69, 9.17) is 16.9 Å². The van der Waals surface area contributed by atoms with Crippen molar-refractivity contribution in [2.45, 2.75) is 13.0 Å². The van der Waals surface area contributed by atoms with Crippen LogP contribution in [0.15, 0.2) is 41.0 Å². The Hall–Kier alpha value is -1.94. The molecular formula is C19H18BrClN4O. The average Bonchev–Trinajstić information content (AvgIpc) is 2.89. The van der Waals surface area contributed by atoms with Crippen molar-refractivity contribution in [2.24, 2.45) is 0 Å². The number of pyridine rings is 1. The Kier molecular flexibility index (Phi) is 6.25. The minimum atomic E-state index is -0.0796. The second-order valence-corrected chi connectivity index (χ2v) is 7.50. The van der Waals surface area contributed by atoms with Crippen molar-refractivity contribution >= 4 is 33.4 Å². The zero-order valence-electron chi connectivity index (χ0n) is 14.2. The molecule has 1 fully saturated rings. The second kappa shape index (κ2) is 8.63. The van der Waals surface area contributed by atoms with Crippen LogP contribution in [0.5, 0.6) is 0 Å². The van der Waals surface area contributed by atoms with Gasteiger partial charge in [-0.2, -0.15) is 5.26 Å². The molecule has 134 valence electrons. The molecule has 7 heteroatoms. The summed E-state index contributed by atoms with van der Waals surface area (Å²) in [5.74, 6) is -0.0796. The highest BCUT2D eigenvalue weighted by Gasteiger charge is 2.22. The minimum absolute atomic E-state index is 0.0796. The third kappa shape index (κ3) is 4.61. The highest BCUT2D eigenvalue weighted by atomic mass is 79.9. The fourth-order valence-corrected chi connectivity index (χ4v) is 3.53. The lowest BCUT2D eigenvalue weighted by Gasteiger charge is -2.22. The van der Waals surface area contributed by atoms with Crippen molar-refractivity contribution < 1.29 is 4.79 Å². The van der Waals surface area contributed by atoms with Crippen LogP contribution in [0.25, 0.3) is 0 Å². The Labute approximate surface area is 166 Å². The molecule has 1 aromatic heterocycles. The standard InChI is InChI=1S/C19H18BrClN4O/c20-16-10-17(18(21)23-12-16)19(26)25-7-1-6-24(8-9-25)13-15-4-2-14(11-22)3-5-15/h2-5,10,12H,1,6-9,13H2. The maximum Gasteiger partial charge on any atom is 0.257 e. The van der Waals surface area contributed by atoms with Crippen LogP contribution in [-0.4, -0.2) is 46.9 Å². The van der Waals surface area contributed by atoms with E-state index in [1.54, 1.807) is 12.3 Å². The first-order chi connectivity index (χ1) is 12.6. The van der Waals surface area contributed by atoms with Gasteiger partial charge in [0, 0.05) is 43.4 Å². The maximum atomic E-state index is 12.8. The van der Waals surface area contributed by atoms with E-state index in [0.717, 1.165) is 30.5 Å². The van der Waals surface area contributed by atoms with E-state index in [0.29, 0.717) is 24.2 Å². The first-order valence-corrected chi connectivity index (χ1v) is 9.55. The molecule has 0 unspecified atom stereocenters. The Bertz CT molecular complexity index is 834. The number of halogens is 2. The van der Waals surface area contributed by atoms with Gasteiger partial charge in [-0.25, -0.2) is 4.98 Å². The molecule has 5 nitrogen and oxygen atoms in total. The van der Waals surface area contributed by atoms with E-state index in [9.17, 15) is 4.79 Å². The molecule has 0 saturated carbocycles. The Morgan fingerprint density at radius 2 is 2.00 bits per heavy atom. The number of carbonyl (C=O) groups is 1. The minimum Gasteiger partial charge on any atom is -0.337 e. The quantitative estimate of drug-likeness (QED) is 0.692. The monoisotopic (exact) mass is 432 g/mol. The number of hydrogen-bond donors (Lipinski definition) is 0. The molecule has 1 aliphatic rings. The highest BCUT2D eigenvalue weighted by molar-refractivity contribution is 9.10. The largest absolute Gasteiger partial charge is 0.337 e. The van der Waals surface area contributed by atoms with E-state index >= 15 is 0 Å². The highest BCUT2D eigenvalue weighted by Crippen LogP contribution is 2.21. The summed E-state index contributed by atoms with van der Waals surface area (Å²) in [6.45, 7) is 3.88. The zero-order chi connectivity index (χ0) is 18.5. The molecule has 2 aromatic rings. The lowest BCUT2D eigenvalue weighted by molar-refractivity contribution is 0.0761. The van der Waals surface area contributed by atoms with Gasteiger partial charge in [0.05, 0.1) is 17.2 Å². The summed E-state index contributed by atoms with van der Waals surface area (Å²) < 4.78 is 0.738. The molecule has 1 aliphatic heterocycles. The third-order valence-corrected chi connectivity index (χ3v) is 5.14. The molecule has 1 amide bonds. The third-order valence-electron chi connectivity index (χ3n) is 4.40. The van der Waals surface area contributed by atoms with Crippen LogP contribution in [0.3, 0.4) is 0 Å². The van der Waals surface area contributed by atoms with Gasteiger partial charge in [0.1, 0.15) is 5.15 Å². The van der Waals surface area contributed by atoms with Crippen LogP contribution in [-0.2, 0) is 6.54 Å². The first kappa shape index (κ1) is 18.8. The fourth-order valence-electron chi connectivity index (χ4n) is 3.02. The van der Waals surface area contributed by atoms with Crippen LogP contribution < -0.4 is 0 Å². The van der Waals surface area contributed by atoms with E-state index in [-0.39, 0.29) is 11.1 Å². The average molecular weight is 434 g/mol. The van der Waals surface area contributed by atoms with E-state index in [1.165, 1.54) is 5.56 Å². The lowest BCUT2D eigenvalue weighted by atomic mass is 10.1. The number of rotatable bonds is 3. The van der Waals surface area contributed by atoms with Crippen LogP contribution in [0.1, 0.15) is 27.9 Å². The lowest BCUT2D eigenvalue weighted by Crippen LogP contribution is -2.35. The molecule has 0 N–H and O–H groups in total. The second-order valence-electron chi connectivity index (χ2n) is 6.22. The van der Waals surface area contributed by atoms with Gasteiger partial charge >= 0.3 is 0 Å². The number of nitriles is 1. The van der Waals surface area contributed by atoms with Crippen LogP contribution in [0.4, 0.5) is 0 Å². The summed E-state index contributed by atoms with van der Waals surface area (Å²) >= 11 is 9.44.